The van der Waals surface area contributed by atoms with Crippen molar-refractivity contribution in [3.05, 3.63) is 58.7 Å². The first-order chi connectivity index (χ1) is 16.9. The fourth-order valence-corrected chi connectivity index (χ4v) is 7.28. The van der Waals surface area contributed by atoms with Crippen LogP contribution in [0.15, 0.2) is 47.5 Å². The molecule has 1 aliphatic carbocycles. The van der Waals surface area contributed by atoms with Gasteiger partial charge < -0.3 is 19.6 Å². The van der Waals surface area contributed by atoms with Crippen molar-refractivity contribution in [2.24, 2.45) is 5.92 Å². The van der Waals surface area contributed by atoms with Crippen LogP contribution in [0.5, 0.6) is 0 Å². The number of aromatic nitrogens is 2. The van der Waals surface area contributed by atoms with Crippen LogP contribution in [0.3, 0.4) is 0 Å². The molecule has 0 amide bonds. The number of aliphatic carboxylic acids is 1. The van der Waals surface area contributed by atoms with Gasteiger partial charge in [-0.3, -0.25) is 0 Å². The molecule has 3 aromatic rings. The number of benzene rings is 1. The van der Waals surface area contributed by atoms with E-state index in [9.17, 15) is 18.3 Å². The Balaban J connectivity index is 1.39. The Kier molecular flexibility index (Phi) is 7.09. The van der Waals surface area contributed by atoms with E-state index in [1.54, 1.807) is 18.3 Å². The van der Waals surface area contributed by atoms with Crippen molar-refractivity contribution in [2.75, 3.05) is 13.2 Å². The number of carboxylic acid groups (broad SMARTS) is 1. The van der Waals surface area contributed by atoms with Crippen molar-refractivity contribution in [3.8, 4) is 10.7 Å². The molecule has 186 valence electrons. The van der Waals surface area contributed by atoms with Gasteiger partial charge >= 0.3 is 0 Å². The molecule has 1 aliphatic heterocycles. The van der Waals surface area contributed by atoms with E-state index in [-0.39, 0.29) is 17.6 Å². The number of carbonyl (C=O) groups excluding carboxylic acids is 1. The average molecular weight is 514 g/mol. The number of carboxylic acids is 1. The Labute approximate surface area is 209 Å². The van der Waals surface area contributed by atoms with Crippen LogP contribution >= 0.6 is 11.3 Å². The molecule has 35 heavy (non-hydrogen) atoms. The minimum absolute atomic E-state index is 0.0166. The number of nitrogens with one attached hydrogen (secondary N) is 1. The molecular formula is C26H29N2O5S2-. The van der Waals surface area contributed by atoms with Gasteiger partial charge in [-0.15, -0.1) is 11.3 Å². The summed E-state index contributed by atoms with van der Waals surface area (Å²) in [7, 11) is -3.21. The van der Waals surface area contributed by atoms with Crippen molar-refractivity contribution < 1.29 is 23.1 Å². The fraction of sp³-hybridized carbons (Fsp3) is 0.462. The normalized spacial score (nSPS) is 17.9. The maximum atomic E-state index is 12.6. The largest absolute Gasteiger partial charge is 0.550 e. The highest BCUT2D eigenvalue weighted by molar-refractivity contribution is 7.92. The predicted octanol–water partition coefficient (Wildman–Crippen LogP) is 3.71. The summed E-state index contributed by atoms with van der Waals surface area (Å²) in [5, 5.41) is 11.4. The summed E-state index contributed by atoms with van der Waals surface area (Å²) in [5.74, 6) is -0.428. The lowest BCUT2D eigenvalue weighted by Gasteiger charge is -2.27. The van der Waals surface area contributed by atoms with Crippen molar-refractivity contribution in [3.63, 3.8) is 0 Å². The van der Waals surface area contributed by atoms with Crippen molar-refractivity contribution in [1.82, 2.24) is 9.97 Å². The zero-order valence-corrected chi connectivity index (χ0v) is 21.1. The monoisotopic (exact) mass is 513 g/mol. The van der Waals surface area contributed by atoms with Crippen LogP contribution in [0.25, 0.3) is 10.7 Å². The zero-order chi connectivity index (χ0) is 24.4. The zero-order valence-electron chi connectivity index (χ0n) is 19.4. The Bertz CT molecular complexity index is 1270. The van der Waals surface area contributed by atoms with Crippen LogP contribution in [-0.2, 0) is 25.8 Å². The van der Waals surface area contributed by atoms with Gasteiger partial charge in [0.25, 0.3) is 0 Å². The molecule has 1 saturated heterocycles. The van der Waals surface area contributed by atoms with E-state index in [0.717, 1.165) is 72.2 Å². The highest BCUT2D eigenvalue weighted by atomic mass is 32.2. The van der Waals surface area contributed by atoms with Crippen LogP contribution in [0.4, 0.5) is 0 Å². The smallest absolute Gasteiger partial charge is 0.181 e. The maximum Gasteiger partial charge on any atom is 0.181 e. The van der Waals surface area contributed by atoms with Gasteiger partial charge in [-0.1, -0.05) is 12.1 Å². The molecule has 2 fully saturated rings. The Hall–Kier alpha value is -2.49. The summed E-state index contributed by atoms with van der Waals surface area (Å²) in [5.41, 5.74) is 3.05. The number of hydrogen-bond acceptors (Lipinski definition) is 7. The van der Waals surface area contributed by atoms with E-state index in [2.05, 4.69) is 16.0 Å². The van der Waals surface area contributed by atoms with Crippen molar-refractivity contribution in [1.29, 1.82) is 0 Å². The molecule has 1 N–H and O–H groups in total. The first-order valence-corrected chi connectivity index (χ1v) is 14.5. The molecule has 2 aliphatic rings. The van der Waals surface area contributed by atoms with Crippen LogP contribution in [0.1, 0.15) is 60.6 Å². The van der Waals surface area contributed by atoms with E-state index in [0.29, 0.717) is 17.2 Å². The molecule has 3 heterocycles. The summed E-state index contributed by atoms with van der Waals surface area (Å²) < 4.78 is 30.8. The van der Waals surface area contributed by atoms with Crippen molar-refractivity contribution >= 4 is 27.1 Å². The summed E-state index contributed by atoms with van der Waals surface area (Å²) in [6.07, 6.45) is 6.63. The maximum absolute atomic E-state index is 12.6. The third-order valence-electron chi connectivity index (χ3n) is 6.93. The number of carbonyl (C=O) groups is 1. The van der Waals surface area contributed by atoms with Crippen LogP contribution in [-0.4, -0.2) is 42.8 Å². The van der Waals surface area contributed by atoms with Gasteiger partial charge in [0.1, 0.15) is 5.01 Å². The number of thiazole rings is 1. The van der Waals surface area contributed by atoms with Gasteiger partial charge in [0.05, 0.1) is 15.8 Å². The second-order valence-electron chi connectivity index (χ2n) is 9.49. The number of aryl methyl sites for hydroxylation is 1. The number of H-pyrrole nitrogens is 1. The van der Waals surface area contributed by atoms with Crippen LogP contribution < -0.4 is 5.11 Å². The molecule has 9 heteroatoms. The number of ether oxygens (including phenoxy) is 1. The van der Waals surface area contributed by atoms with Gasteiger partial charge in [-0.25, -0.2) is 13.4 Å². The van der Waals surface area contributed by atoms with E-state index in [1.807, 2.05) is 18.2 Å². The SMILES string of the molecule is O=C([O-])CCc1cnc(-c2ccc(C(CC3CCOCC3)c3ccc(S(=O)(=O)C4CC4)cc3)[nH]2)s1. The minimum Gasteiger partial charge on any atom is -0.550 e. The fourth-order valence-electron chi connectivity index (χ4n) is 4.73. The quantitative estimate of drug-likeness (QED) is 0.442. The lowest BCUT2D eigenvalue weighted by atomic mass is 9.83. The molecule has 1 unspecified atom stereocenters. The third kappa shape index (κ3) is 5.68. The van der Waals surface area contributed by atoms with Gasteiger partial charge in [0, 0.05) is 41.9 Å². The molecule has 1 atom stereocenters. The Morgan fingerprint density at radius 1 is 1.11 bits per heavy atom. The highest BCUT2D eigenvalue weighted by Gasteiger charge is 2.37. The van der Waals surface area contributed by atoms with Gasteiger partial charge in [-0.2, -0.15) is 0 Å². The predicted molar refractivity (Wildman–Crippen MR) is 132 cm³/mol. The number of hydrogen-bond donors (Lipinski definition) is 1. The van der Waals surface area contributed by atoms with E-state index >= 15 is 0 Å². The molecule has 1 saturated carbocycles. The number of rotatable bonds is 10. The van der Waals surface area contributed by atoms with Gasteiger partial charge in [0.2, 0.25) is 0 Å². The Morgan fingerprint density at radius 2 is 1.86 bits per heavy atom. The molecule has 2 aromatic heterocycles. The number of sulfone groups is 1. The molecule has 0 radical (unpaired) electrons. The molecule has 0 bridgehead atoms. The standard InChI is InChI=1S/C26H30N2O5S2/c29-25(30)10-3-19-16-27-26(34-19)24-9-8-23(28-24)22(15-17-11-13-33-14-12-17)18-1-4-20(5-2-18)35(31,32)21-6-7-21/h1-2,4-5,8-9,16-17,21-22,28H,3,6-7,10-15H2,(H,29,30)/p-1. The van der Waals surface area contributed by atoms with Gasteiger partial charge in [0.15, 0.2) is 9.84 Å². The topological polar surface area (TPSA) is 112 Å². The van der Waals surface area contributed by atoms with E-state index < -0.39 is 15.8 Å². The molecule has 0 spiro atoms. The number of nitrogens with zero attached hydrogens (tertiary/aromatic N) is 1. The molecular weight excluding hydrogens is 484 g/mol. The van der Waals surface area contributed by atoms with Crippen molar-refractivity contribution in [2.45, 2.75) is 61.0 Å². The summed E-state index contributed by atoms with van der Waals surface area (Å²) >= 11 is 1.48. The van der Waals surface area contributed by atoms with Crippen LogP contribution in [0.2, 0.25) is 0 Å². The summed E-state index contributed by atoms with van der Waals surface area (Å²) in [6, 6.07) is 11.5. The summed E-state index contributed by atoms with van der Waals surface area (Å²) in [6.45, 7) is 1.55. The first kappa shape index (κ1) is 24.2. The third-order valence-corrected chi connectivity index (χ3v) is 10.3. The Morgan fingerprint density at radius 3 is 2.54 bits per heavy atom. The first-order valence-electron chi connectivity index (χ1n) is 12.2. The van der Waals surface area contributed by atoms with Crippen LogP contribution in [0, 0.1) is 5.92 Å². The summed E-state index contributed by atoms with van der Waals surface area (Å²) in [4.78, 5) is 20.1. The lowest BCUT2D eigenvalue weighted by molar-refractivity contribution is -0.305. The van der Waals surface area contributed by atoms with E-state index in [1.165, 1.54) is 11.3 Å². The second-order valence-corrected chi connectivity index (χ2v) is 12.8. The van der Waals surface area contributed by atoms with E-state index in [4.69, 9.17) is 4.74 Å². The average Bonchev–Trinajstić information content (AvgIpc) is 3.44. The molecule has 1 aromatic carbocycles. The second kappa shape index (κ2) is 10.2. The minimum atomic E-state index is -3.21. The van der Waals surface area contributed by atoms with Gasteiger partial charge in [-0.05, 0) is 80.7 Å². The number of aromatic amines is 1. The highest BCUT2D eigenvalue weighted by Crippen LogP contribution is 2.38. The molecule has 5 rings (SSSR count). The molecule has 7 nitrogen and oxygen atoms in total. The lowest BCUT2D eigenvalue weighted by Crippen LogP contribution is -2.22.